The van der Waals surface area contributed by atoms with Gasteiger partial charge in [0.2, 0.25) is 11.2 Å². The minimum atomic E-state index is -4.18. The first kappa shape index (κ1) is 16.0. The van der Waals surface area contributed by atoms with E-state index in [1.807, 2.05) is 0 Å². The van der Waals surface area contributed by atoms with E-state index in [4.69, 9.17) is 0 Å². The highest BCUT2D eigenvalue weighted by Crippen LogP contribution is 2.22. The molecular formula is C12H13BrF3N6O+. The number of hydrogen-bond donors (Lipinski definition) is 1. The van der Waals surface area contributed by atoms with Crippen molar-refractivity contribution >= 4 is 32.7 Å². The van der Waals surface area contributed by atoms with Gasteiger partial charge in [-0.05, 0) is 19.8 Å². The first-order valence-electron chi connectivity index (χ1n) is 6.90. The highest BCUT2D eigenvalue weighted by Gasteiger charge is 2.27. The lowest BCUT2D eigenvalue weighted by molar-refractivity contribution is -0.364. The monoisotopic (exact) mass is 393 g/mol. The predicted molar refractivity (Wildman–Crippen MR) is 78.0 cm³/mol. The Morgan fingerprint density at radius 1 is 1.35 bits per heavy atom. The van der Waals surface area contributed by atoms with Gasteiger partial charge in [-0.1, -0.05) is 0 Å². The molecule has 0 saturated heterocycles. The van der Waals surface area contributed by atoms with Crippen LogP contribution < -0.4 is 10.7 Å². The van der Waals surface area contributed by atoms with Crippen LogP contribution in [0.1, 0.15) is 25.1 Å². The lowest BCUT2D eigenvalue weighted by Gasteiger charge is -2.06. The van der Waals surface area contributed by atoms with Gasteiger partial charge < -0.3 is 0 Å². The summed E-state index contributed by atoms with van der Waals surface area (Å²) in [7, 11) is 0. The van der Waals surface area contributed by atoms with Crippen molar-refractivity contribution in [1.29, 1.82) is 0 Å². The predicted octanol–water partition coefficient (Wildman–Crippen LogP) is 1.99. The van der Waals surface area contributed by atoms with E-state index >= 15 is 0 Å². The fourth-order valence-corrected chi connectivity index (χ4v) is 2.84. The molecule has 3 aromatic heterocycles. The number of nitrogens with zero attached hydrogens (tertiary/aromatic N) is 4. The molecule has 0 fully saturated rings. The van der Waals surface area contributed by atoms with Crippen LogP contribution in [0.25, 0.3) is 16.8 Å². The maximum absolute atomic E-state index is 12.5. The third kappa shape index (κ3) is 3.09. The molecule has 0 bridgehead atoms. The number of rotatable bonds is 4. The van der Waals surface area contributed by atoms with Gasteiger partial charge >= 0.3 is 11.9 Å². The zero-order valence-corrected chi connectivity index (χ0v) is 13.6. The summed E-state index contributed by atoms with van der Waals surface area (Å²) in [5, 5.41) is 4.04. The summed E-state index contributed by atoms with van der Waals surface area (Å²) < 4.78 is 39.7. The standard InChI is InChI=1S/C12H12BrF3N6O/c1-6-17-9-7-8(19-10(13)18-7)21(11(23)22(9)20-6)5-3-2-4-12(14,15)16/h2-5H2,1H3,(H,18,19)/p+1. The smallest absolute Gasteiger partial charge is 0.258 e. The number of unbranched alkanes of at least 4 members (excludes halogenated alkanes) is 1. The summed E-state index contributed by atoms with van der Waals surface area (Å²) >= 11 is 3.25. The molecule has 11 heteroatoms. The molecule has 2 N–H and O–H groups in total. The molecule has 0 aliphatic carbocycles. The maximum atomic E-state index is 12.5. The van der Waals surface area contributed by atoms with Gasteiger partial charge in [0.05, 0.1) is 6.54 Å². The number of aryl methyl sites for hydroxylation is 2. The zero-order valence-electron chi connectivity index (χ0n) is 12.0. The second kappa shape index (κ2) is 5.62. The van der Waals surface area contributed by atoms with Crippen LogP contribution >= 0.6 is 15.9 Å². The summed E-state index contributed by atoms with van der Waals surface area (Å²) in [5.41, 5.74) is 0.959. The summed E-state index contributed by atoms with van der Waals surface area (Å²) in [6.45, 7) is 1.81. The van der Waals surface area contributed by atoms with Gasteiger partial charge in [0.25, 0.3) is 10.4 Å². The van der Waals surface area contributed by atoms with Gasteiger partial charge in [-0.3, -0.25) is 4.98 Å². The van der Waals surface area contributed by atoms with E-state index in [1.54, 1.807) is 6.92 Å². The summed E-state index contributed by atoms with van der Waals surface area (Å²) in [6, 6.07) is 0. The molecule has 0 saturated carbocycles. The average molecular weight is 394 g/mol. The van der Waals surface area contributed by atoms with Gasteiger partial charge in [0.1, 0.15) is 5.82 Å². The Morgan fingerprint density at radius 3 is 2.78 bits per heavy atom. The van der Waals surface area contributed by atoms with Gasteiger partial charge in [-0.2, -0.15) is 13.2 Å². The highest BCUT2D eigenvalue weighted by molar-refractivity contribution is 9.10. The van der Waals surface area contributed by atoms with Gasteiger partial charge in [-0.15, -0.1) is 9.61 Å². The number of hydrogen-bond acceptors (Lipinski definition) is 3. The Balaban J connectivity index is 2.00. The van der Waals surface area contributed by atoms with Crippen molar-refractivity contribution < 1.29 is 18.2 Å². The molecular weight excluding hydrogens is 381 g/mol. The molecule has 3 rings (SSSR count). The molecule has 0 aliphatic rings. The lowest BCUT2D eigenvalue weighted by atomic mass is 10.2. The van der Waals surface area contributed by atoms with E-state index < -0.39 is 18.3 Å². The summed E-state index contributed by atoms with van der Waals surface area (Å²) in [6.07, 6.45) is -4.87. The van der Waals surface area contributed by atoms with Crippen molar-refractivity contribution in [1.82, 2.24) is 24.1 Å². The maximum Gasteiger partial charge on any atom is 0.409 e. The Hall–Kier alpha value is -1.91. The fraction of sp³-hybridized carbons (Fsp3) is 0.500. The zero-order chi connectivity index (χ0) is 16.8. The van der Waals surface area contributed by atoms with Crippen molar-refractivity contribution in [2.45, 2.75) is 38.9 Å². The molecule has 7 nitrogen and oxygen atoms in total. The Labute approximate surface area is 135 Å². The van der Waals surface area contributed by atoms with E-state index in [-0.39, 0.29) is 19.4 Å². The number of aromatic amines is 2. The number of nitrogens with one attached hydrogen (secondary N) is 2. The second-order valence-electron chi connectivity index (χ2n) is 5.19. The van der Waals surface area contributed by atoms with Crippen molar-refractivity contribution in [3.63, 3.8) is 0 Å². The van der Waals surface area contributed by atoms with Crippen molar-refractivity contribution in [3.05, 3.63) is 21.0 Å². The van der Waals surface area contributed by atoms with Crippen molar-refractivity contribution in [3.8, 4) is 0 Å². The quantitative estimate of drug-likeness (QED) is 0.543. The lowest BCUT2D eigenvalue weighted by Crippen LogP contribution is -2.30. The summed E-state index contributed by atoms with van der Waals surface area (Å²) in [4.78, 5) is 22.7. The summed E-state index contributed by atoms with van der Waals surface area (Å²) in [5.74, 6) is 0.434. The van der Waals surface area contributed by atoms with E-state index in [2.05, 4.69) is 36.0 Å². The first-order valence-corrected chi connectivity index (χ1v) is 7.69. The molecule has 3 aromatic rings. The van der Waals surface area contributed by atoms with Crippen LogP contribution in [0.15, 0.2) is 9.53 Å². The minimum Gasteiger partial charge on any atom is -0.258 e. The third-order valence-electron chi connectivity index (χ3n) is 3.41. The molecule has 0 aliphatic heterocycles. The van der Waals surface area contributed by atoms with Crippen LogP contribution in [0.3, 0.4) is 0 Å². The molecule has 0 atom stereocenters. The Bertz CT molecular complexity index is 925. The van der Waals surface area contributed by atoms with Crippen LogP contribution in [0.5, 0.6) is 0 Å². The van der Waals surface area contributed by atoms with Crippen LogP contribution in [-0.2, 0) is 6.54 Å². The molecule has 0 amide bonds. The third-order valence-corrected chi connectivity index (χ3v) is 3.81. The van der Waals surface area contributed by atoms with Gasteiger partial charge in [-0.25, -0.2) is 19.3 Å². The average Bonchev–Trinajstić information content (AvgIpc) is 2.99. The molecule has 23 heavy (non-hydrogen) atoms. The SMILES string of the molecule is Cc1nc2c3[nH]c(Br)[nH+]c3n(CCCCC(F)(F)F)c(=O)n2n1. The Kier molecular flexibility index (Phi) is 3.90. The number of fused-ring (bicyclic) bond motifs is 3. The second-order valence-corrected chi connectivity index (χ2v) is 5.98. The van der Waals surface area contributed by atoms with E-state index in [9.17, 15) is 18.0 Å². The van der Waals surface area contributed by atoms with Gasteiger partial charge in [0, 0.05) is 22.4 Å². The Morgan fingerprint density at radius 2 is 2.09 bits per heavy atom. The largest absolute Gasteiger partial charge is 0.409 e. The number of aromatic nitrogens is 6. The molecule has 0 aromatic carbocycles. The van der Waals surface area contributed by atoms with Crippen LogP contribution in [0.4, 0.5) is 13.2 Å². The molecule has 3 heterocycles. The minimum absolute atomic E-state index is 0.0442. The van der Waals surface area contributed by atoms with Crippen molar-refractivity contribution in [2.24, 2.45) is 0 Å². The normalized spacial score (nSPS) is 12.6. The number of halogens is 4. The van der Waals surface area contributed by atoms with Crippen LogP contribution in [-0.4, -0.2) is 30.3 Å². The van der Waals surface area contributed by atoms with E-state index in [0.717, 1.165) is 4.52 Å². The first-order chi connectivity index (χ1) is 10.8. The topological polar surface area (TPSA) is 82.1 Å². The van der Waals surface area contributed by atoms with E-state index in [0.29, 0.717) is 27.4 Å². The van der Waals surface area contributed by atoms with Crippen LogP contribution in [0, 0.1) is 6.92 Å². The molecule has 0 radical (unpaired) electrons. The highest BCUT2D eigenvalue weighted by atomic mass is 79.9. The molecule has 0 unspecified atom stereocenters. The fourth-order valence-electron chi connectivity index (χ4n) is 2.45. The number of imidazole rings is 1. The molecule has 124 valence electrons. The molecule has 0 spiro atoms. The number of alkyl halides is 3. The van der Waals surface area contributed by atoms with Crippen molar-refractivity contribution in [2.75, 3.05) is 0 Å². The number of H-pyrrole nitrogens is 2. The van der Waals surface area contributed by atoms with E-state index in [1.165, 1.54) is 4.57 Å². The van der Waals surface area contributed by atoms with Gasteiger partial charge in [0.15, 0.2) is 0 Å². The van der Waals surface area contributed by atoms with Crippen LogP contribution in [0.2, 0.25) is 0 Å².